The summed E-state index contributed by atoms with van der Waals surface area (Å²) in [5, 5.41) is 13.3. The highest BCUT2D eigenvalue weighted by Crippen LogP contribution is 2.44. The first-order chi connectivity index (χ1) is 21.0. The molecule has 1 fully saturated rings. The number of aliphatic hydroxyl groups excluding tert-OH is 1. The van der Waals surface area contributed by atoms with E-state index in [0.717, 1.165) is 53.5 Å². The highest BCUT2D eigenvalue weighted by atomic mass is 32.2. The molecule has 2 aromatic carbocycles. The molecule has 1 aliphatic heterocycles. The molecule has 3 aromatic rings. The monoisotopic (exact) mass is 616 g/mol. The molecule has 0 unspecified atom stereocenters. The van der Waals surface area contributed by atoms with Crippen LogP contribution in [0, 0.1) is 0 Å². The minimum absolute atomic E-state index is 0.0713. The smallest absolute Gasteiger partial charge is 0.270 e. The fraction of sp³-hybridized carbons (Fsp3) is 0.457. The molecule has 44 heavy (non-hydrogen) atoms. The SMILES string of the molecule is CN(C)C(=O)c1cccc(-c2cccc(-c3nc(C(=O)NC4CCCCC4)cc4c3[C@H](CCO)N([S@@](=O)C(C)(C)C)C4)c2)c1. The number of benzene rings is 2. The first-order valence-corrected chi connectivity index (χ1v) is 16.6. The van der Waals surface area contributed by atoms with Crippen LogP contribution >= 0.6 is 0 Å². The number of hydrogen-bond acceptors (Lipinski definition) is 5. The highest BCUT2D eigenvalue weighted by molar-refractivity contribution is 7.84. The Morgan fingerprint density at radius 1 is 1.00 bits per heavy atom. The Labute approximate surface area is 263 Å². The molecule has 0 radical (unpaired) electrons. The van der Waals surface area contributed by atoms with Crippen molar-refractivity contribution >= 4 is 22.8 Å². The number of aromatic nitrogens is 1. The molecule has 234 valence electrons. The van der Waals surface area contributed by atoms with Crippen LogP contribution in [0.15, 0.2) is 54.6 Å². The van der Waals surface area contributed by atoms with E-state index < -0.39 is 15.7 Å². The van der Waals surface area contributed by atoms with Crippen LogP contribution < -0.4 is 5.32 Å². The van der Waals surface area contributed by atoms with Gasteiger partial charge in [0.15, 0.2) is 0 Å². The van der Waals surface area contributed by atoms with Gasteiger partial charge in [0.25, 0.3) is 11.8 Å². The molecule has 0 bridgehead atoms. The van der Waals surface area contributed by atoms with Gasteiger partial charge in [0.05, 0.1) is 16.5 Å². The maximum absolute atomic E-state index is 13.7. The first-order valence-electron chi connectivity index (χ1n) is 15.5. The molecule has 2 amide bonds. The molecular formula is C35H44N4O4S. The fourth-order valence-corrected chi connectivity index (χ4v) is 7.65. The van der Waals surface area contributed by atoms with E-state index in [1.165, 1.54) is 6.42 Å². The number of hydrogen-bond donors (Lipinski definition) is 2. The van der Waals surface area contributed by atoms with E-state index in [4.69, 9.17) is 4.98 Å². The largest absolute Gasteiger partial charge is 0.396 e. The molecule has 1 aliphatic carbocycles. The summed E-state index contributed by atoms with van der Waals surface area (Å²) in [5.74, 6) is -0.265. The van der Waals surface area contributed by atoms with Crippen LogP contribution in [0.2, 0.25) is 0 Å². The number of carbonyl (C=O) groups excluding carboxylic acids is 2. The molecule has 2 N–H and O–H groups in total. The summed E-state index contributed by atoms with van der Waals surface area (Å²) in [5.41, 5.74) is 6.04. The van der Waals surface area contributed by atoms with Gasteiger partial charge in [-0.2, -0.15) is 0 Å². The quantitative estimate of drug-likeness (QED) is 0.329. The van der Waals surface area contributed by atoms with Crippen LogP contribution in [0.5, 0.6) is 0 Å². The Hall–Kier alpha value is -3.40. The molecule has 2 heterocycles. The second-order valence-corrected chi connectivity index (χ2v) is 15.3. The number of aliphatic hydroxyl groups is 1. The predicted molar refractivity (Wildman–Crippen MR) is 175 cm³/mol. The number of nitrogens with one attached hydrogen (secondary N) is 1. The van der Waals surface area contributed by atoms with Crippen molar-refractivity contribution in [2.24, 2.45) is 0 Å². The lowest BCUT2D eigenvalue weighted by molar-refractivity contribution is 0.0827. The van der Waals surface area contributed by atoms with Crippen molar-refractivity contribution in [1.82, 2.24) is 19.5 Å². The van der Waals surface area contributed by atoms with Crippen LogP contribution in [-0.2, 0) is 17.5 Å². The second kappa shape index (κ2) is 13.3. The number of carbonyl (C=O) groups is 2. The van der Waals surface area contributed by atoms with E-state index in [-0.39, 0.29) is 30.5 Å². The predicted octanol–water partition coefficient (Wildman–Crippen LogP) is 5.88. The van der Waals surface area contributed by atoms with Crippen molar-refractivity contribution in [3.05, 3.63) is 77.0 Å². The Balaban J connectivity index is 1.61. The summed E-state index contributed by atoms with van der Waals surface area (Å²) in [6.07, 6.45) is 5.75. The Kier molecular flexibility index (Phi) is 9.68. The van der Waals surface area contributed by atoms with E-state index in [1.54, 1.807) is 19.0 Å². The van der Waals surface area contributed by atoms with Crippen LogP contribution in [-0.4, -0.2) is 66.8 Å². The lowest BCUT2D eigenvalue weighted by Crippen LogP contribution is -2.36. The summed E-state index contributed by atoms with van der Waals surface area (Å²) in [6.45, 7) is 6.17. The molecule has 2 atom stereocenters. The van der Waals surface area contributed by atoms with Gasteiger partial charge in [-0.15, -0.1) is 0 Å². The molecule has 0 spiro atoms. The molecule has 5 rings (SSSR count). The average molecular weight is 617 g/mol. The fourth-order valence-electron chi connectivity index (χ4n) is 6.25. The zero-order valence-electron chi connectivity index (χ0n) is 26.4. The van der Waals surface area contributed by atoms with Gasteiger partial charge in [-0.3, -0.25) is 9.59 Å². The third kappa shape index (κ3) is 6.80. The minimum Gasteiger partial charge on any atom is -0.396 e. The standard InChI is InChI=1S/C35H44N4O4S/c1-35(2,3)44(43)39-22-27-21-29(33(41)36-28-15-7-6-8-16-28)37-32(31(27)30(39)17-18-40)25-13-9-11-23(19-25)24-12-10-14-26(20-24)34(42)38(4)5/h9-14,19-21,28,30,40H,6-8,15-18,22H2,1-5H3,(H,36,41)/t30-,44-/m0/s1. The van der Waals surface area contributed by atoms with Gasteiger partial charge >= 0.3 is 0 Å². The van der Waals surface area contributed by atoms with E-state index in [1.807, 2.05) is 79.7 Å². The number of nitrogens with zero attached hydrogens (tertiary/aromatic N) is 3. The summed E-state index contributed by atoms with van der Waals surface area (Å²) in [6, 6.07) is 17.2. The lowest BCUT2D eigenvalue weighted by Gasteiger charge is -2.30. The summed E-state index contributed by atoms with van der Waals surface area (Å²) < 4.78 is 15.2. The third-order valence-corrected chi connectivity index (χ3v) is 10.3. The summed E-state index contributed by atoms with van der Waals surface area (Å²) in [4.78, 5) is 32.8. The highest BCUT2D eigenvalue weighted by Gasteiger charge is 2.40. The van der Waals surface area contributed by atoms with Gasteiger partial charge < -0.3 is 15.3 Å². The van der Waals surface area contributed by atoms with Crippen molar-refractivity contribution in [2.45, 2.75) is 82.7 Å². The van der Waals surface area contributed by atoms with Crippen molar-refractivity contribution in [3.8, 4) is 22.4 Å². The topological polar surface area (TPSA) is 103 Å². The zero-order valence-corrected chi connectivity index (χ0v) is 27.2. The van der Waals surface area contributed by atoms with Gasteiger partial charge in [0, 0.05) is 50.0 Å². The van der Waals surface area contributed by atoms with Crippen molar-refractivity contribution in [3.63, 3.8) is 0 Å². The molecule has 2 aliphatic rings. The first kappa shape index (κ1) is 32.0. The van der Waals surface area contributed by atoms with Gasteiger partial charge in [-0.1, -0.05) is 49.6 Å². The van der Waals surface area contributed by atoms with E-state index >= 15 is 0 Å². The number of pyridine rings is 1. The van der Waals surface area contributed by atoms with Crippen molar-refractivity contribution < 1.29 is 18.9 Å². The molecular weight excluding hydrogens is 572 g/mol. The second-order valence-electron chi connectivity index (χ2n) is 13.1. The van der Waals surface area contributed by atoms with E-state index in [2.05, 4.69) is 5.32 Å². The summed E-state index contributed by atoms with van der Waals surface area (Å²) in [7, 11) is 2.12. The molecule has 8 nitrogen and oxygen atoms in total. The zero-order chi connectivity index (χ0) is 31.6. The van der Waals surface area contributed by atoms with Gasteiger partial charge in [-0.05, 0) is 81.0 Å². The normalized spacial score (nSPS) is 18.1. The maximum Gasteiger partial charge on any atom is 0.270 e. The molecule has 1 aromatic heterocycles. The number of rotatable bonds is 8. The van der Waals surface area contributed by atoms with Gasteiger partial charge in [0.1, 0.15) is 16.7 Å². The van der Waals surface area contributed by atoms with Crippen molar-refractivity contribution in [2.75, 3.05) is 20.7 Å². The van der Waals surface area contributed by atoms with Gasteiger partial charge in [0.2, 0.25) is 0 Å². The number of amides is 2. The van der Waals surface area contributed by atoms with Crippen molar-refractivity contribution in [1.29, 1.82) is 0 Å². The van der Waals surface area contributed by atoms with E-state index in [9.17, 15) is 18.9 Å². The van der Waals surface area contributed by atoms with Crippen LogP contribution in [0.25, 0.3) is 22.4 Å². The Morgan fingerprint density at radius 3 is 2.32 bits per heavy atom. The minimum atomic E-state index is -1.35. The van der Waals surface area contributed by atoms with Crippen LogP contribution in [0.1, 0.15) is 97.3 Å². The average Bonchev–Trinajstić information content (AvgIpc) is 3.38. The molecule has 0 saturated heterocycles. The summed E-state index contributed by atoms with van der Waals surface area (Å²) >= 11 is 0. The third-order valence-electron chi connectivity index (χ3n) is 8.45. The van der Waals surface area contributed by atoms with Gasteiger partial charge in [-0.25, -0.2) is 13.5 Å². The van der Waals surface area contributed by atoms with E-state index in [0.29, 0.717) is 29.9 Å². The van der Waals surface area contributed by atoms with Crippen LogP contribution in [0.3, 0.4) is 0 Å². The Bertz CT molecular complexity index is 1560. The molecule has 1 saturated carbocycles. The maximum atomic E-state index is 13.7. The van der Waals surface area contributed by atoms with Crippen LogP contribution in [0.4, 0.5) is 0 Å². The number of fused-ring (bicyclic) bond motifs is 1. The Morgan fingerprint density at radius 2 is 1.66 bits per heavy atom. The lowest BCUT2D eigenvalue weighted by atomic mass is 9.93. The molecule has 9 heteroatoms.